The van der Waals surface area contributed by atoms with Crippen molar-refractivity contribution in [3.63, 3.8) is 0 Å². The van der Waals surface area contributed by atoms with Gasteiger partial charge < -0.3 is 43.4 Å². The van der Waals surface area contributed by atoms with E-state index in [-0.39, 0.29) is 47.6 Å². The van der Waals surface area contributed by atoms with Gasteiger partial charge in [-0.3, -0.25) is 4.79 Å². The summed E-state index contributed by atoms with van der Waals surface area (Å²) in [7, 11) is 0. The Morgan fingerprint density at radius 2 is 1.54 bits per heavy atom. The fourth-order valence-electron chi connectivity index (χ4n) is 8.09. The second kappa shape index (κ2) is 21.9. The van der Waals surface area contributed by atoms with E-state index in [9.17, 15) is 28.7 Å². The summed E-state index contributed by atoms with van der Waals surface area (Å²) in [4.78, 5) is 56.8. The Hall–Kier alpha value is -5.83. The number of aromatic nitrogens is 6. The molecular weight excluding hydrogens is 862 g/mol. The molecule has 2 fully saturated rings. The number of piperazine rings is 1. The normalized spacial score (nSPS) is 18.6. The number of benzene rings is 3. The number of ether oxygens (including phenoxy) is 5. The van der Waals surface area contributed by atoms with Crippen molar-refractivity contribution >= 4 is 29.5 Å². The molecule has 0 amide bonds. The number of rotatable bonds is 18. The predicted octanol–water partition coefficient (Wildman–Crippen LogP) is 1.16. The number of carbonyl (C=O) groups excluding carboxylic acids is 3. The van der Waals surface area contributed by atoms with Gasteiger partial charge in [-0.1, -0.05) is 13.0 Å². The Bertz CT molecular complexity index is 2430. The van der Waals surface area contributed by atoms with Crippen LogP contribution in [0.3, 0.4) is 0 Å². The largest absolute Gasteiger partial charge is 1.00 e. The third kappa shape index (κ3) is 12.1. The van der Waals surface area contributed by atoms with Gasteiger partial charge in [0.05, 0.1) is 37.9 Å². The Balaban J connectivity index is 0.00000700. The van der Waals surface area contributed by atoms with Crippen LogP contribution >= 0.6 is 0 Å². The molecule has 18 nitrogen and oxygen atoms in total. The number of hydrogen-bond acceptors (Lipinski definition) is 15. The van der Waals surface area contributed by atoms with E-state index in [2.05, 4.69) is 25.0 Å². The van der Waals surface area contributed by atoms with Crippen LogP contribution in [0.4, 0.5) is 25.0 Å². The number of carboxylic acids is 1. The van der Waals surface area contributed by atoms with Gasteiger partial charge in [-0.2, -0.15) is 10.2 Å². The number of carbonyl (C=O) groups is 3. The summed E-state index contributed by atoms with van der Waals surface area (Å²) in [5.74, 6) is -2.97. The van der Waals surface area contributed by atoms with E-state index in [0.29, 0.717) is 37.5 Å². The molecule has 21 heteroatoms. The molecule has 7 rings (SSSR count). The van der Waals surface area contributed by atoms with Crippen LogP contribution in [-0.4, -0.2) is 99.0 Å². The smallest absolute Gasteiger partial charge is 0.550 e. The average Bonchev–Trinajstić information content (AvgIpc) is 4.04. The number of aliphatic carboxylic acids is 1. The van der Waals surface area contributed by atoms with Crippen molar-refractivity contribution in [2.45, 2.75) is 77.0 Å². The Morgan fingerprint density at radius 3 is 2.15 bits per heavy atom. The van der Waals surface area contributed by atoms with Gasteiger partial charge in [0.1, 0.15) is 48.1 Å². The zero-order valence-corrected chi connectivity index (χ0v) is 38.6. The number of anilines is 2. The zero-order chi connectivity index (χ0) is 45.4. The van der Waals surface area contributed by atoms with Gasteiger partial charge in [0, 0.05) is 68.0 Å². The maximum Gasteiger partial charge on any atom is 1.00 e. The predicted molar refractivity (Wildman–Crippen MR) is 222 cm³/mol. The third-order valence-electron chi connectivity index (χ3n) is 11.3. The molecule has 3 aromatic carbocycles. The molecule has 2 aliphatic rings. The fourth-order valence-corrected chi connectivity index (χ4v) is 8.09. The van der Waals surface area contributed by atoms with E-state index >= 15 is 4.39 Å². The maximum absolute atomic E-state index is 15.0. The second-order valence-corrected chi connectivity index (χ2v) is 15.7. The van der Waals surface area contributed by atoms with Crippen LogP contribution in [0.2, 0.25) is 0 Å². The minimum Gasteiger partial charge on any atom is -0.550 e. The molecule has 1 unspecified atom stereocenters. The molecule has 2 aliphatic heterocycles. The molecule has 4 heterocycles. The van der Waals surface area contributed by atoms with Crippen LogP contribution in [0.5, 0.6) is 5.75 Å². The van der Waals surface area contributed by atoms with Crippen molar-refractivity contribution in [1.29, 1.82) is 0 Å². The van der Waals surface area contributed by atoms with E-state index in [1.54, 1.807) is 11.6 Å². The third-order valence-corrected chi connectivity index (χ3v) is 11.3. The first-order valence-electron chi connectivity index (χ1n) is 21.0. The second-order valence-electron chi connectivity index (χ2n) is 15.7. The van der Waals surface area contributed by atoms with E-state index in [1.165, 1.54) is 47.3 Å². The molecule has 0 aliphatic carbocycles. The Labute approximate surface area is 395 Å². The van der Waals surface area contributed by atoms with Gasteiger partial charge in [0.25, 0.3) is 0 Å². The molecule has 0 bridgehead atoms. The summed E-state index contributed by atoms with van der Waals surface area (Å²) in [6.07, 6.45) is 0.884. The van der Waals surface area contributed by atoms with Gasteiger partial charge in [-0.15, -0.1) is 0 Å². The molecular formula is C44H49F2N8NaO10. The molecule has 5 aromatic rings. The minimum absolute atomic E-state index is 0. The molecule has 2 aromatic heterocycles. The van der Waals surface area contributed by atoms with Crippen LogP contribution in [0.1, 0.15) is 58.1 Å². The maximum atomic E-state index is 15.0. The van der Waals surface area contributed by atoms with Crippen LogP contribution < -0.4 is 54.9 Å². The minimum atomic E-state index is -1.41. The molecule has 0 radical (unpaired) electrons. The van der Waals surface area contributed by atoms with Crippen LogP contribution in [0.25, 0.3) is 5.69 Å². The topological polar surface area (TPSA) is 197 Å². The molecule has 0 spiro atoms. The Kier molecular flexibility index (Phi) is 16.4. The van der Waals surface area contributed by atoms with Gasteiger partial charge in [-0.25, -0.2) is 37.3 Å². The van der Waals surface area contributed by atoms with Crippen molar-refractivity contribution in [3.05, 3.63) is 113 Å². The van der Waals surface area contributed by atoms with Gasteiger partial charge in [0.2, 0.25) is 6.29 Å². The van der Waals surface area contributed by atoms with E-state index < -0.39 is 72.3 Å². The van der Waals surface area contributed by atoms with E-state index in [1.807, 2.05) is 55.5 Å². The Morgan fingerprint density at radius 1 is 0.877 bits per heavy atom. The van der Waals surface area contributed by atoms with E-state index in [4.69, 9.17) is 23.7 Å². The quantitative estimate of drug-likeness (QED) is 0.0690. The average molecular weight is 911 g/mol. The summed E-state index contributed by atoms with van der Waals surface area (Å²) < 4.78 is 60.7. The molecule has 0 N–H and O–H groups in total. The molecule has 0 saturated carbocycles. The van der Waals surface area contributed by atoms with Gasteiger partial charge in [0.15, 0.2) is 0 Å². The standard InChI is InChI=1S/C44H50F2N8O10.Na/c1-4-39(29(2)62-43(59)64-30(3)63-41(57)16-15-40(55)56)54-42(58)53(28-49-54)35-8-6-33(7-9-35)50-17-19-51(20-18-50)34-10-12-36(13-11-34)60-23-31-22-44(61-24-31,25-52-27-47-26-48-52)37-14-5-32(45)21-38(37)46;/h5-14,21,26-31,39H,4,15-20,22-25H2,1-3H3,(H,55,56);/q;+1/p-1/t29-,30?,31+,39-,44-;/m0./s1. The van der Waals surface area contributed by atoms with Crippen molar-refractivity contribution < 1.29 is 81.5 Å². The van der Waals surface area contributed by atoms with Gasteiger partial charge >= 0.3 is 47.4 Å². The molecule has 2 saturated heterocycles. The monoisotopic (exact) mass is 910 g/mol. The summed E-state index contributed by atoms with van der Waals surface area (Å²) >= 11 is 0. The van der Waals surface area contributed by atoms with Crippen molar-refractivity contribution in [3.8, 4) is 11.4 Å². The van der Waals surface area contributed by atoms with Gasteiger partial charge in [-0.05, 0) is 80.8 Å². The first-order chi connectivity index (χ1) is 30.8. The summed E-state index contributed by atoms with van der Waals surface area (Å²) in [6, 6.07) is 18.4. The SMILES string of the molecule is CC[C@@H]([C@H](C)OC(=O)OC(C)OC(=O)CCC(=O)[O-])n1ncn(-c2ccc(N3CCN(c4ccc(OC[C@@H]5CO[C@@](Cn6cncn6)(c6ccc(F)cc6F)C5)cc4)CC3)cc2)c1=O.[Na+]. The van der Waals surface area contributed by atoms with Crippen molar-refractivity contribution in [1.82, 2.24) is 29.1 Å². The van der Waals surface area contributed by atoms with Crippen LogP contribution in [-0.2, 0) is 40.7 Å². The molecule has 65 heavy (non-hydrogen) atoms. The number of carboxylic acid groups (broad SMARTS) is 1. The summed E-state index contributed by atoms with van der Waals surface area (Å²) in [5, 5.41) is 19.0. The van der Waals surface area contributed by atoms with Crippen LogP contribution in [0.15, 0.2) is 90.5 Å². The number of halogens is 2. The number of hydrogen-bond donors (Lipinski definition) is 0. The first-order valence-corrected chi connectivity index (χ1v) is 21.0. The number of esters is 1. The zero-order valence-electron chi connectivity index (χ0n) is 36.6. The summed E-state index contributed by atoms with van der Waals surface area (Å²) in [6.45, 7) is 8.68. The van der Waals surface area contributed by atoms with Crippen molar-refractivity contribution in [2.24, 2.45) is 5.92 Å². The van der Waals surface area contributed by atoms with E-state index in [0.717, 1.165) is 43.6 Å². The summed E-state index contributed by atoms with van der Waals surface area (Å²) in [5.41, 5.74) is 1.45. The molecule has 5 atom stereocenters. The fraction of sp³-hybridized carbons (Fsp3) is 0.432. The molecule has 340 valence electrons. The van der Waals surface area contributed by atoms with Crippen molar-refractivity contribution in [2.75, 3.05) is 49.2 Å². The number of nitrogens with zero attached hydrogens (tertiary/aromatic N) is 8. The van der Waals surface area contributed by atoms with Crippen LogP contribution in [0, 0.1) is 17.6 Å². The first kappa shape index (κ1) is 48.6.